The van der Waals surface area contributed by atoms with Crippen LogP contribution in [0.15, 0.2) is 6.20 Å². The first-order chi connectivity index (χ1) is 8.33. The molecule has 94 valence electrons. The molecule has 0 aliphatic carbocycles. The fraction of sp³-hybridized carbons (Fsp3) is 0.636. The number of aryl methyl sites for hydroxylation is 1. The Morgan fingerprint density at radius 2 is 2.59 bits per heavy atom. The summed E-state index contributed by atoms with van der Waals surface area (Å²) < 4.78 is 7.23. The van der Waals surface area contributed by atoms with Crippen LogP contribution in [0.5, 0.6) is 5.88 Å². The van der Waals surface area contributed by atoms with Crippen LogP contribution in [0.1, 0.15) is 23.7 Å². The number of hydrogen-bond acceptors (Lipinski definition) is 4. The lowest BCUT2D eigenvalue weighted by Crippen LogP contribution is -2.26. The van der Waals surface area contributed by atoms with Gasteiger partial charge in [-0.1, -0.05) is 6.92 Å². The van der Waals surface area contributed by atoms with Crippen LogP contribution >= 0.6 is 11.8 Å². The predicted molar refractivity (Wildman–Crippen MR) is 67.7 cm³/mol. The van der Waals surface area contributed by atoms with Gasteiger partial charge in [0.2, 0.25) is 5.88 Å². The van der Waals surface area contributed by atoms with E-state index < -0.39 is 0 Å². The van der Waals surface area contributed by atoms with E-state index >= 15 is 0 Å². The fourth-order valence-electron chi connectivity index (χ4n) is 1.70. The molecule has 17 heavy (non-hydrogen) atoms. The Balaban J connectivity index is 1.92. The number of fused-ring (bicyclic) bond motifs is 1. The molecule has 0 unspecified atom stereocenters. The molecule has 0 aromatic carbocycles. The molecule has 0 bridgehead atoms. The number of amides is 1. The van der Waals surface area contributed by atoms with Gasteiger partial charge in [0.1, 0.15) is 5.56 Å². The average Bonchev–Trinajstić information content (AvgIpc) is 2.78. The summed E-state index contributed by atoms with van der Waals surface area (Å²) >= 11 is 1.81. The second-order valence-corrected chi connectivity index (χ2v) is 5.14. The van der Waals surface area contributed by atoms with Crippen LogP contribution in [0.4, 0.5) is 0 Å². The number of aromatic nitrogens is 2. The van der Waals surface area contributed by atoms with Crippen molar-refractivity contribution in [1.29, 1.82) is 0 Å². The van der Waals surface area contributed by atoms with Crippen molar-refractivity contribution in [3.8, 4) is 5.88 Å². The van der Waals surface area contributed by atoms with E-state index in [1.165, 1.54) is 0 Å². The first-order valence-electron chi connectivity index (χ1n) is 5.87. The summed E-state index contributed by atoms with van der Waals surface area (Å²) in [6, 6.07) is 0. The monoisotopic (exact) mass is 255 g/mol. The molecule has 1 aromatic heterocycles. The third kappa shape index (κ3) is 2.94. The molecule has 0 fully saturated rings. The lowest BCUT2D eigenvalue weighted by atomic mass is 10.3. The lowest BCUT2D eigenvalue weighted by Gasteiger charge is -2.15. The summed E-state index contributed by atoms with van der Waals surface area (Å²) in [5, 5.41) is 7.02. The van der Waals surface area contributed by atoms with Gasteiger partial charge in [0.25, 0.3) is 5.91 Å². The molecule has 1 aliphatic heterocycles. The van der Waals surface area contributed by atoms with E-state index in [9.17, 15) is 4.79 Å². The second-order valence-electron chi connectivity index (χ2n) is 3.74. The standard InChI is InChI=1S/C11H17N3O2S/c1-2-17-7-4-12-10(15)9-8-13-14-5-3-6-16-11(9)14/h8H,2-7H2,1H3,(H,12,15). The molecule has 0 radical (unpaired) electrons. The summed E-state index contributed by atoms with van der Waals surface area (Å²) in [6.45, 7) is 4.28. The highest BCUT2D eigenvalue weighted by molar-refractivity contribution is 7.99. The molecule has 0 spiro atoms. The zero-order valence-electron chi connectivity index (χ0n) is 9.94. The summed E-state index contributed by atoms with van der Waals surface area (Å²) in [7, 11) is 0. The molecule has 1 amide bonds. The highest BCUT2D eigenvalue weighted by Gasteiger charge is 2.20. The minimum Gasteiger partial charge on any atom is -0.477 e. The van der Waals surface area contributed by atoms with E-state index in [0.717, 1.165) is 24.5 Å². The van der Waals surface area contributed by atoms with Gasteiger partial charge in [-0.2, -0.15) is 16.9 Å². The number of nitrogens with zero attached hydrogens (tertiary/aromatic N) is 2. The van der Waals surface area contributed by atoms with Gasteiger partial charge in [-0.3, -0.25) is 4.79 Å². The Morgan fingerprint density at radius 3 is 3.41 bits per heavy atom. The Labute approximate surface area is 105 Å². The molecule has 1 aromatic rings. The highest BCUT2D eigenvalue weighted by Crippen LogP contribution is 2.21. The van der Waals surface area contributed by atoms with Gasteiger partial charge in [-0.05, 0) is 5.75 Å². The van der Waals surface area contributed by atoms with Crippen LogP contribution in [-0.4, -0.2) is 40.3 Å². The van der Waals surface area contributed by atoms with Crippen LogP contribution in [0, 0.1) is 0 Å². The van der Waals surface area contributed by atoms with Crippen molar-refractivity contribution in [2.24, 2.45) is 0 Å². The Hall–Kier alpha value is -1.17. The maximum atomic E-state index is 11.9. The molecule has 0 atom stereocenters. The number of carbonyl (C=O) groups excluding carboxylic acids is 1. The van der Waals surface area contributed by atoms with Crippen LogP contribution < -0.4 is 10.1 Å². The minimum absolute atomic E-state index is 0.0927. The maximum absolute atomic E-state index is 11.9. The minimum atomic E-state index is -0.0927. The second kappa shape index (κ2) is 5.95. The maximum Gasteiger partial charge on any atom is 0.258 e. The number of nitrogens with one attached hydrogen (secondary N) is 1. The fourth-order valence-corrected chi connectivity index (χ4v) is 2.24. The molecule has 0 saturated carbocycles. The molecule has 1 aliphatic rings. The zero-order chi connectivity index (χ0) is 12.1. The Morgan fingerprint density at radius 1 is 1.71 bits per heavy atom. The van der Waals surface area contributed by atoms with E-state index in [-0.39, 0.29) is 5.91 Å². The normalized spacial score (nSPS) is 13.9. The molecule has 2 heterocycles. The van der Waals surface area contributed by atoms with E-state index in [0.29, 0.717) is 24.6 Å². The summed E-state index contributed by atoms with van der Waals surface area (Å²) in [4.78, 5) is 11.9. The quantitative estimate of drug-likeness (QED) is 0.802. The van der Waals surface area contributed by atoms with Gasteiger partial charge in [0.15, 0.2) is 0 Å². The number of carbonyl (C=O) groups is 1. The molecule has 1 N–H and O–H groups in total. The van der Waals surface area contributed by atoms with Crippen LogP contribution in [0.3, 0.4) is 0 Å². The topological polar surface area (TPSA) is 56.2 Å². The van der Waals surface area contributed by atoms with Gasteiger partial charge >= 0.3 is 0 Å². The SMILES string of the molecule is CCSCCNC(=O)c1cnn2c1OCCC2. The van der Waals surface area contributed by atoms with Crippen molar-refractivity contribution in [3.05, 3.63) is 11.8 Å². The number of ether oxygens (including phenoxy) is 1. The van der Waals surface area contributed by atoms with Gasteiger partial charge in [-0.15, -0.1) is 0 Å². The molecule has 6 heteroatoms. The Kier molecular flexibility index (Phi) is 4.30. The summed E-state index contributed by atoms with van der Waals surface area (Å²) in [5.74, 6) is 2.52. The first-order valence-corrected chi connectivity index (χ1v) is 7.03. The molecule has 0 saturated heterocycles. The first kappa shape index (κ1) is 12.3. The van der Waals surface area contributed by atoms with E-state index in [2.05, 4.69) is 17.3 Å². The molecule has 5 nitrogen and oxygen atoms in total. The lowest BCUT2D eigenvalue weighted by molar-refractivity contribution is 0.0949. The summed E-state index contributed by atoms with van der Waals surface area (Å²) in [6.07, 6.45) is 2.53. The number of rotatable bonds is 5. The van der Waals surface area contributed by atoms with Gasteiger partial charge in [0.05, 0.1) is 12.8 Å². The molecule has 2 rings (SSSR count). The predicted octanol–water partition coefficient (Wildman–Crippen LogP) is 1.15. The smallest absolute Gasteiger partial charge is 0.258 e. The van der Waals surface area contributed by atoms with Crippen LogP contribution in [0.25, 0.3) is 0 Å². The molecular weight excluding hydrogens is 238 g/mol. The van der Waals surface area contributed by atoms with Gasteiger partial charge in [0, 0.05) is 25.3 Å². The number of hydrogen-bond donors (Lipinski definition) is 1. The van der Waals surface area contributed by atoms with Crippen LogP contribution in [-0.2, 0) is 6.54 Å². The molecular formula is C11H17N3O2S. The third-order valence-electron chi connectivity index (χ3n) is 2.52. The highest BCUT2D eigenvalue weighted by atomic mass is 32.2. The van der Waals surface area contributed by atoms with E-state index in [4.69, 9.17) is 4.74 Å². The largest absolute Gasteiger partial charge is 0.477 e. The Bertz CT molecular complexity index is 392. The van der Waals surface area contributed by atoms with Crippen molar-refractivity contribution in [2.45, 2.75) is 19.9 Å². The van der Waals surface area contributed by atoms with E-state index in [1.807, 2.05) is 11.8 Å². The van der Waals surface area contributed by atoms with Crippen molar-refractivity contribution in [1.82, 2.24) is 15.1 Å². The van der Waals surface area contributed by atoms with Crippen molar-refractivity contribution >= 4 is 17.7 Å². The van der Waals surface area contributed by atoms with Crippen LogP contribution in [0.2, 0.25) is 0 Å². The average molecular weight is 255 g/mol. The van der Waals surface area contributed by atoms with Gasteiger partial charge in [-0.25, -0.2) is 4.68 Å². The van der Waals surface area contributed by atoms with Gasteiger partial charge < -0.3 is 10.1 Å². The van der Waals surface area contributed by atoms with Crippen molar-refractivity contribution in [3.63, 3.8) is 0 Å². The van der Waals surface area contributed by atoms with Crippen molar-refractivity contribution in [2.75, 3.05) is 24.7 Å². The summed E-state index contributed by atoms with van der Waals surface area (Å²) in [5.41, 5.74) is 0.547. The van der Waals surface area contributed by atoms with Crippen molar-refractivity contribution < 1.29 is 9.53 Å². The third-order valence-corrected chi connectivity index (χ3v) is 3.43. The zero-order valence-corrected chi connectivity index (χ0v) is 10.8. The van der Waals surface area contributed by atoms with E-state index in [1.54, 1.807) is 10.9 Å². The number of thioether (sulfide) groups is 1.